The van der Waals surface area contributed by atoms with Gasteiger partial charge in [-0.15, -0.1) is 0 Å². The lowest BCUT2D eigenvalue weighted by Crippen LogP contribution is -2.28. The van der Waals surface area contributed by atoms with Crippen molar-refractivity contribution in [1.82, 2.24) is 9.55 Å². The molecule has 6 nitrogen and oxygen atoms in total. The number of carbonyl (C=O) groups is 1. The molecule has 3 aromatic rings. The van der Waals surface area contributed by atoms with Crippen LogP contribution < -0.4 is 10.9 Å². The summed E-state index contributed by atoms with van der Waals surface area (Å²) in [6.45, 7) is -0.519. The number of hydrogen-bond acceptors (Lipinski definition) is 4. The van der Waals surface area contributed by atoms with Gasteiger partial charge in [-0.1, -0.05) is 60.1 Å². The van der Waals surface area contributed by atoms with E-state index in [-0.39, 0.29) is 16.7 Å². The summed E-state index contributed by atoms with van der Waals surface area (Å²) in [7, 11) is 0. The summed E-state index contributed by atoms with van der Waals surface area (Å²) in [5, 5.41) is 12.1. The molecule has 0 atom stereocenters. The molecular weight excluding hydrogens is 342 g/mol. The summed E-state index contributed by atoms with van der Waals surface area (Å²) in [6.07, 6.45) is 0. The van der Waals surface area contributed by atoms with Crippen LogP contribution in [0.15, 0.2) is 65.5 Å². The van der Waals surface area contributed by atoms with Crippen molar-refractivity contribution in [2.45, 2.75) is 6.54 Å². The zero-order valence-electron chi connectivity index (χ0n) is 13.0. The maximum absolute atomic E-state index is 12.8. The Hall–Kier alpha value is -3.12. The Kier molecular flexibility index (Phi) is 4.81. The third-order valence-corrected chi connectivity index (χ3v) is 3.76. The van der Waals surface area contributed by atoms with Crippen molar-refractivity contribution in [1.29, 1.82) is 0 Å². The molecule has 126 valence electrons. The van der Waals surface area contributed by atoms with Gasteiger partial charge >= 0.3 is 5.97 Å². The van der Waals surface area contributed by atoms with Gasteiger partial charge in [0, 0.05) is 11.3 Å². The number of hydrogen-bond donors (Lipinski definition) is 2. The Balaban J connectivity index is 2.16. The molecule has 7 heteroatoms. The quantitative estimate of drug-likeness (QED) is 0.732. The minimum absolute atomic E-state index is 0.0304. The Bertz CT molecular complexity index is 957. The Labute approximate surface area is 148 Å². The smallest absolute Gasteiger partial charge is 0.323 e. The van der Waals surface area contributed by atoms with E-state index in [9.17, 15) is 14.7 Å². The average Bonchev–Trinajstić information content (AvgIpc) is 2.60. The second-order valence-electron chi connectivity index (χ2n) is 5.24. The summed E-state index contributed by atoms with van der Waals surface area (Å²) in [6, 6.07) is 17.8. The first-order chi connectivity index (χ1) is 12.1. The largest absolute Gasteiger partial charge is 0.480 e. The van der Waals surface area contributed by atoms with Gasteiger partial charge in [0.05, 0.1) is 5.69 Å². The minimum Gasteiger partial charge on any atom is -0.480 e. The topological polar surface area (TPSA) is 84.2 Å². The summed E-state index contributed by atoms with van der Waals surface area (Å²) < 4.78 is 1.11. The first kappa shape index (κ1) is 16.7. The highest BCUT2D eigenvalue weighted by atomic mass is 35.5. The number of aliphatic carboxylic acids is 1. The molecule has 0 radical (unpaired) electrons. The molecule has 0 saturated heterocycles. The molecule has 2 aromatic carbocycles. The second kappa shape index (κ2) is 7.19. The Morgan fingerprint density at radius 1 is 1.08 bits per heavy atom. The van der Waals surface area contributed by atoms with Crippen LogP contribution in [0.1, 0.15) is 0 Å². The number of carboxylic acid groups (broad SMARTS) is 1. The van der Waals surface area contributed by atoms with Gasteiger partial charge in [-0.25, -0.2) is 4.98 Å². The van der Waals surface area contributed by atoms with E-state index < -0.39 is 18.1 Å². The van der Waals surface area contributed by atoms with Crippen molar-refractivity contribution in [2.75, 3.05) is 5.32 Å². The van der Waals surface area contributed by atoms with Gasteiger partial charge in [0.2, 0.25) is 0 Å². The third-order valence-electron chi connectivity index (χ3n) is 3.50. The van der Waals surface area contributed by atoms with Crippen LogP contribution in [0.4, 0.5) is 11.5 Å². The van der Waals surface area contributed by atoms with Crippen LogP contribution in [-0.2, 0) is 11.3 Å². The van der Waals surface area contributed by atoms with Crippen LogP contribution in [0.25, 0.3) is 11.3 Å². The molecule has 0 aliphatic heterocycles. The summed E-state index contributed by atoms with van der Waals surface area (Å²) >= 11 is 6.29. The van der Waals surface area contributed by atoms with Gasteiger partial charge in [0.15, 0.2) is 11.0 Å². The Morgan fingerprint density at radius 2 is 1.68 bits per heavy atom. The molecule has 25 heavy (non-hydrogen) atoms. The van der Waals surface area contributed by atoms with Crippen LogP contribution >= 0.6 is 11.6 Å². The normalized spacial score (nSPS) is 10.4. The van der Waals surface area contributed by atoms with Crippen molar-refractivity contribution in [3.8, 4) is 11.3 Å². The number of nitrogens with zero attached hydrogens (tertiary/aromatic N) is 2. The number of halogens is 1. The molecule has 0 saturated carbocycles. The van der Waals surface area contributed by atoms with Crippen LogP contribution in [0.3, 0.4) is 0 Å². The lowest BCUT2D eigenvalue weighted by atomic mass is 10.1. The van der Waals surface area contributed by atoms with Crippen molar-refractivity contribution in [3.63, 3.8) is 0 Å². The fraction of sp³-hybridized carbons (Fsp3) is 0.0556. The first-order valence-corrected chi connectivity index (χ1v) is 7.83. The number of carboxylic acids is 1. The van der Waals surface area contributed by atoms with E-state index >= 15 is 0 Å². The van der Waals surface area contributed by atoms with E-state index in [0.717, 1.165) is 4.57 Å². The van der Waals surface area contributed by atoms with E-state index in [1.165, 1.54) is 0 Å². The second-order valence-corrected chi connectivity index (χ2v) is 5.60. The van der Waals surface area contributed by atoms with Crippen molar-refractivity contribution in [2.24, 2.45) is 0 Å². The molecule has 1 aromatic heterocycles. The maximum Gasteiger partial charge on any atom is 0.323 e. The van der Waals surface area contributed by atoms with Gasteiger partial charge in [0.25, 0.3) is 5.56 Å². The van der Waals surface area contributed by atoms with Crippen molar-refractivity contribution in [3.05, 3.63) is 76.2 Å². The standard InChI is InChI=1S/C18H14ClN3O3/c19-16-15(12-7-3-1-4-8-12)22(11-14(23)24)18(25)17(21-16)20-13-9-5-2-6-10-13/h1-10H,11H2,(H,20,21)(H,23,24). The average molecular weight is 356 g/mol. The molecule has 1 heterocycles. The number of benzene rings is 2. The molecule has 0 bridgehead atoms. The molecule has 3 rings (SSSR count). The van der Waals surface area contributed by atoms with Crippen LogP contribution in [0.5, 0.6) is 0 Å². The number of rotatable bonds is 5. The fourth-order valence-corrected chi connectivity index (χ4v) is 2.73. The maximum atomic E-state index is 12.8. The van der Waals surface area contributed by atoms with Gasteiger partial charge in [-0.3, -0.25) is 14.2 Å². The van der Waals surface area contributed by atoms with Crippen molar-refractivity contribution >= 4 is 29.1 Å². The van der Waals surface area contributed by atoms with E-state index in [0.29, 0.717) is 11.3 Å². The molecule has 0 aliphatic carbocycles. The first-order valence-electron chi connectivity index (χ1n) is 7.46. The van der Waals surface area contributed by atoms with Crippen molar-refractivity contribution < 1.29 is 9.90 Å². The molecule has 2 N–H and O–H groups in total. The highest BCUT2D eigenvalue weighted by Gasteiger charge is 2.18. The number of nitrogens with one attached hydrogen (secondary N) is 1. The number of anilines is 2. The summed E-state index contributed by atoms with van der Waals surface area (Å²) in [5.74, 6) is -1.18. The zero-order chi connectivity index (χ0) is 17.8. The van der Waals surface area contributed by atoms with Gasteiger partial charge in [-0.05, 0) is 12.1 Å². The highest BCUT2D eigenvalue weighted by molar-refractivity contribution is 6.32. The SMILES string of the molecule is O=C(O)Cn1c(-c2ccccc2)c(Cl)nc(Nc2ccccc2)c1=O. The molecule has 0 fully saturated rings. The van der Waals surface area contributed by atoms with Gasteiger partial charge < -0.3 is 10.4 Å². The minimum atomic E-state index is -1.15. The van der Waals surface area contributed by atoms with Gasteiger partial charge in [-0.2, -0.15) is 0 Å². The van der Waals surface area contributed by atoms with E-state index in [1.54, 1.807) is 48.5 Å². The third kappa shape index (κ3) is 3.70. The Morgan fingerprint density at radius 3 is 2.28 bits per heavy atom. The summed E-state index contributed by atoms with van der Waals surface area (Å²) in [4.78, 5) is 28.2. The number of para-hydroxylation sites is 1. The lowest BCUT2D eigenvalue weighted by molar-refractivity contribution is -0.137. The molecule has 0 amide bonds. The van der Waals surface area contributed by atoms with Crippen LogP contribution in [0.2, 0.25) is 5.15 Å². The zero-order valence-corrected chi connectivity index (χ0v) is 13.8. The van der Waals surface area contributed by atoms with Crippen LogP contribution in [-0.4, -0.2) is 20.6 Å². The van der Waals surface area contributed by atoms with Crippen LogP contribution in [0, 0.1) is 0 Å². The lowest BCUT2D eigenvalue weighted by Gasteiger charge is -2.15. The predicted molar refractivity (Wildman–Crippen MR) is 96.3 cm³/mol. The van der Waals surface area contributed by atoms with E-state index in [2.05, 4.69) is 10.3 Å². The molecule has 0 unspecified atom stereocenters. The molecule has 0 aliphatic rings. The number of aromatic nitrogens is 2. The van der Waals surface area contributed by atoms with Gasteiger partial charge in [0.1, 0.15) is 6.54 Å². The highest BCUT2D eigenvalue weighted by Crippen LogP contribution is 2.26. The molecule has 0 spiro atoms. The fourth-order valence-electron chi connectivity index (χ4n) is 2.44. The molecular formula is C18H14ClN3O3. The van der Waals surface area contributed by atoms with E-state index in [4.69, 9.17) is 11.6 Å². The predicted octanol–water partition coefficient (Wildman–Crippen LogP) is 3.39. The van der Waals surface area contributed by atoms with E-state index in [1.807, 2.05) is 12.1 Å². The summed E-state index contributed by atoms with van der Waals surface area (Å²) in [5.41, 5.74) is 0.977. The monoisotopic (exact) mass is 355 g/mol.